The molecule has 1 aromatic carbocycles. The highest BCUT2D eigenvalue weighted by Crippen LogP contribution is 2.19. The molecule has 120 valence electrons. The van der Waals surface area contributed by atoms with Crippen molar-refractivity contribution in [2.45, 2.75) is 32.6 Å². The topological polar surface area (TPSA) is 46.6 Å². The first kappa shape index (κ1) is 16.5. The Morgan fingerprint density at radius 2 is 2.23 bits per heavy atom. The summed E-state index contributed by atoms with van der Waals surface area (Å²) in [4.78, 5) is 25.8. The second-order valence-electron chi connectivity index (χ2n) is 5.56. The summed E-state index contributed by atoms with van der Waals surface area (Å²) in [5, 5.41) is 0. The maximum Gasteiger partial charge on any atom is 0.310 e. The second-order valence-corrected chi connectivity index (χ2v) is 5.56. The number of amides is 1. The Labute approximate surface area is 130 Å². The van der Waals surface area contributed by atoms with Gasteiger partial charge in [0.25, 0.3) is 0 Å². The van der Waals surface area contributed by atoms with Crippen LogP contribution in [0.25, 0.3) is 0 Å². The molecule has 0 N–H and O–H groups in total. The normalized spacial score (nSPS) is 18.1. The number of likely N-dealkylation sites (tertiary alicyclic amines) is 1. The Morgan fingerprint density at radius 3 is 2.95 bits per heavy atom. The number of hydrogen-bond acceptors (Lipinski definition) is 3. The van der Waals surface area contributed by atoms with Crippen LogP contribution in [0, 0.1) is 11.7 Å². The molecule has 5 heteroatoms. The molecule has 1 aromatic rings. The third kappa shape index (κ3) is 4.55. The van der Waals surface area contributed by atoms with Crippen LogP contribution in [-0.2, 0) is 20.7 Å². The fourth-order valence-corrected chi connectivity index (χ4v) is 2.76. The van der Waals surface area contributed by atoms with E-state index in [4.69, 9.17) is 4.74 Å². The largest absolute Gasteiger partial charge is 0.466 e. The average molecular weight is 307 g/mol. The fourth-order valence-electron chi connectivity index (χ4n) is 2.76. The van der Waals surface area contributed by atoms with E-state index in [-0.39, 0.29) is 23.6 Å². The van der Waals surface area contributed by atoms with Gasteiger partial charge in [0.2, 0.25) is 5.91 Å². The van der Waals surface area contributed by atoms with E-state index < -0.39 is 0 Å². The number of carbonyl (C=O) groups is 2. The number of halogens is 1. The zero-order valence-corrected chi connectivity index (χ0v) is 12.9. The number of aryl methyl sites for hydroxylation is 1. The fraction of sp³-hybridized carbons (Fsp3) is 0.529. The molecular weight excluding hydrogens is 285 g/mol. The Bertz CT molecular complexity index is 532. The summed E-state index contributed by atoms with van der Waals surface area (Å²) in [7, 11) is 0. The van der Waals surface area contributed by atoms with Gasteiger partial charge in [-0.3, -0.25) is 9.59 Å². The van der Waals surface area contributed by atoms with Crippen LogP contribution >= 0.6 is 0 Å². The first-order valence-corrected chi connectivity index (χ1v) is 7.79. The summed E-state index contributed by atoms with van der Waals surface area (Å²) in [5.74, 6) is -0.708. The lowest BCUT2D eigenvalue weighted by atomic mass is 9.97. The lowest BCUT2D eigenvalue weighted by Gasteiger charge is -2.31. The number of ether oxygens (including phenoxy) is 1. The molecular formula is C17H22FNO3. The molecule has 1 heterocycles. The van der Waals surface area contributed by atoms with Gasteiger partial charge in [-0.05, 0) is 43.9 Å². The highest BCUT2D eigenvalue weighted by Gasteiger charge is 2.28. The quantitative estimate of drug-likeness (QED) is 0.785. The van der Waals surface area contributed by atoms with Crippen LogP contribution < -0.4 is 0 Å². The predicted molar refractivity (Wildman–Crippen MR) is 80.7 cm³/mol. The number of rotatable bonds is 5. The van der Waals surface area contributed by atoms with Crippen LogP contribution in [0.1, 0.15) is 31.7 Å². The van der Waals surface area contributed by atoms with Gasteiger partial charge in [-0.1, -0.05) is 12.1 Å². The van der Waals surface area contributed by atoms with Gasteiger partial charge in [0.1, 0.15) is 5.82 Å². The molecule has 1 aliphatic rings. The summed E-state index contributed by atoms with van der Waals surface area (Å²) >= 11 is 0. The van der Waals surface area contributed by atoms with Gasteiger partial charge in [0.05, 0.1) is 12.5 Å². The van der Waals surface area contributed by atoms with Gasteiger partial charge in [0.15, 0.2) is 0 Å². The lowest BCUT2D eigenvalue weighted by Crippen LogP contribution is -2.42. The number of benzene rings is 1. The molecule has 0 aromatic heterocycles. The Balaban J connectivity index is 1.85. The average Bonchev–Trinajstić information content (AvgIpc) is 2.53. The number of hydrogen-bond donors (Lipinski definition) is 0. The minimum absolute atomic E-state index is 0.0123. The molecule has 0 saturated carbocycles. The summed E-state index contributed by atoms with van der Waals surface area (Å²) in [6.45, 7) is 3.25. The molecule has 0 bridgehead atoms. The van der Waals surface area contributed by atoms with Crippen LogP contribution in [0.4, 0.5) is 4.39 Å². The summed E-state index contributed by atoms with van der Waals surface area (Å²) in [5.41, 5.74) is 0.812. The van der Waals surface area contributed by atoms with Crippen molar-refractivity contribution >= 4 is 11.9 Å². The zero-order valence-electron chi connectivity index (χ0n) is 12.9. The zero-order chi connectivity index (χ0) is 15.9. The van der Waals surface area contributed by atoms with Crippen LogP contribution in [0.3, 0.4) is 0 Å². The van der Waals surface area contributed by atoms with Gasteiger partial charge in [-0.15, -0.1) is 0 Å². The minimum atomic E-state index is -0.287. The van der Waals surface area contributed by atoms with E-state index in [2.05, 4.69) is 0 Å². The number of piperidine rings is 1. The molecule has 4 nitrogen and oxygen atoms in total. The maximum atomic E-state index is 13.1. The summed E-state index contributed by atoms with van der Waals surface area (Å²) < 4.78 is 18.1. The van der Waals surface area contributed by atoms with Crippen molar-refractivity contribution in [3.63, 3.8) is 0 Å². The molecule has 1 saturated heterocycles. The van der Waals surface area contributed by atoms with Gasteiger partial charge < -0.3 is 9.64 Å². The highest BCUT2D eigenvalue weighted by atomic mass is 19.1. The molecule has 0 spiro atoms. The molecule has 1 fully saturated rings. The Kier molecular flexibility index (Phi) is 5.92. The van der Waals surface area contributed by atoms with Crippen molar-refractivity contribution in [2.24, 2.45) is 5.92 Å². The van der Waals surface area contributed by atoms with Crippen molar-refractivity contribution in [3.8, 4) is 0 Å². The van der Waals surface area contributed by atoms with Crippen LogP contribution in [0.15, 0.2) is 24.3 Å². The lowest BCUT2D eigenvalue weighted by molar-refractivity contribution is -0.151. The van der Waals surface area contributed by atoms with Crippen LogP contribution in [0.5, 0.6) is 0 Å². The molecule has 0 radical (unpaired) electrons. The Hall–Kier alpha value is -1.91. The van der Waals surface area contributed by atoms with E-state index in [1.54, 1.807) is 17.9 Å². The second kappa shape index (κ2) is 7.92. The summed E-state index contributed by atoms with van der Waals surface area (Å²) in [6.07, 6.45) is 2.43. The van der Waals surface area contributed by atoms with E-state index in [9.17, 15) is 14.0 Å². The van der Waals surface area contributed by atoms with Gasteiger partial charge >= 0.3 is 5.97 Å². The molecule has 1 atom stereocenters. The van der Waals surface area contributed by atoms with E-state index in [0.717, 1.165) is 18.4 Å². The highest BCUT2D eigenvalue weighted by molar-refractivity contribution is 5.78. The van der Waals surface area contributed by atoms with E-state index >= 15 is 0 Å². The smallest absolute Gasteiger partial charge is 0.310 e. The number of carbonyl (C=O) groups excluding carboxylic acids is 2. The van der Waals surface area contributed by atoms with Crippen molar-refractivity contribution in [3.05, 3.63) is 35.6 Å². The van der Waals surface area contributed by atoms with Crippen molar-refractivity contribution in [2.75, 3.05) is 19.7 Å². The summed E-state index contributed by atoms with van der Waals surface area (Å²) in [6, 6.07) is 6.30. The van der Waals surface area contributed by atoms with Crippen molar-refractivity contribution in [1.29, 1.82) is 0 Å². The van der Waals surface area contributed by atoms with Crippen molar-refractivity contribution in [1.82, 2.24) is 4.90 Å². The Morgan fingerprint density at radius 1 is 1.41 bits per heavy atom. The van der Waals surface area contributed by atoms with Crippen LogP contribution in [-0.4, -0.2) is 36.5 Å². The number of esters is 1. The molecule has 1 unspecified atom stereocenters. The first-order valence-electron chi connectivity index (χ1n) is 7.79. The predicted octanol–water partition coefficient (Wildman–Crippen LogP) is 2.56. The molecule has 22 heavy (non-hydrogen) atoms. The van der Waals surface area contributed by atoms with Gasteiger partial charge in [-0.25, -0.2) is 4.39 Å². The monoisotopic (exact) mass is 307 g/mol. The van der Waals surface area contributed by atoms with Gasteiger partial charge in [0, 0.05) is 19.5 Å². The molecule has 1 amide bonds. The molecule has 0 aliphatic carbocycles. The van der Waals surface area contributed by atoms with E-state index in [1.807, 2.05) is 6.07 Å². The standard InChI is InChI=1S/C17H22FNO3/c1-2-22-17(21)14-6-4-10-19(12-14)16(20)9-8-13-5-3-7-15(18)11-13/h3,5,7,11,14H,2,4,6,8-10,12H2,1H3. The molecule has 1 aliphatic heterocycles. The van der Waals surface area contributed by atoms with Crippen molar-refractivity contribution < 1.29 is 18.7 Å². The van der Waals surface area contributed by atoms with Crippen LogP contribution in [0.2, 0.25) is 0 Å². The maximum absolute atomic E-state index is 13.1. The van der Waals surface area contributed by atoms with Gasteiger partial charge in [-0.2, -0.15) is 0 Å². The third-order valence-corrected chi connectivity index (χ3v) is 3.91. The SMILES string of the molecule is CCOC(=O)C1CCCN(C(=O)CCc2cccc(F)c2)C1. The number of nitrogens with zero attached hydrogens (tertiary/aromatic N) is 1. The third-order valence-electron chi connectivity index (χ3n) is 3.91. The first-order chi connectivity index (χ1) is 10.6. The van der Waals surface area contributed by atoms with E-state index in [0.29, 0.717) is 32.5 Å². The molecule has 2 rings (SSSR count). The minimum Gasteiger partial charge on any atom is -0.466 e. The van der Waals surface area contributed by atoms with E-state index in [1.165, 1.54) is 12.1 Å².